The number of anilines is 1. The van der Waals surface area contributed by atoms with Crippen LogP contribution >= 0.6 is 0 Å². The van der Waals surface area contributed by atoms with Gasteiger partial charge in [-0.3, -0.25) is 4.79 Å². The van der Waals surface area contributed by atoms with E-state index in [2.05, 4.69) is 55.3 Å². The molecule has 3 heteroatoms. The number of carbonyl (C=O) groups excluding carboxylic acids is 1. The van der Waals surface area contributed by atoms with Gasteiger partial charge < -0.3 is 10.2 Å². The zero-order chi connectivity index (χ0) is 15.9. The van der Waals surface area contributed by atoms with Gasteiger partial charge in [-0.1, -0.05) is 42.0 Å². The molecule has 0 radical (unpaired) electrons. The summed E-state index contributed by atoms with van der Waals surface area (Å²) < 4.78 is 0. The molecule has 2 aromatic carbocycles. The lowest BCUT2D eigenvalue weighted by molar-refractivity contribution is -0.119. The lowest BCUT2D eigenvalue weighted by Gasteiger charge is -2.23. The number of benzene rings is 2. The van der Waals surface area contributed by atoms with Gasteiger partial charge in [0.05, 0.1) is 6.54 Å². The van der Waals surface area contributed by atoms with E-state index in [1.54, 1.807) is 0 Å². The molecule has 0 heterocycles. The summed E-state index contributed by atoms with van der Waals surface area (Å²) in [7, 11) is 0. The first-order chi connectivity index (χ1) is 10.6. The zero-order valence-electron chi connectivity index (χ0n) is 13.6. The number of hydrogen-bond donors (Lipinski definition) is 1. The molecule has 116 valence electrons. The van der Waals surface area contributed by atoms with Crippen LogP contribution in [0.2, 0.25) is 0 Å². The Kier molecular flexibility index (Phi) is 5.59. The first kappa shape index (κ1) is 16.1. The van der Waals surface area contributed by atoms with Crippen LogP contribution in [0.25, 0.3) is 0 Å². The third-order valence-electron chi connectivity index (χ3n) is 3.69. The van der Waals surface area contributed by atoms with Crippen molar-refractivity contribution in [1.82, 2.24) is 5.32 Å². The third kappa shape index (κ3) is 4.62. The van der Waals surface area contributed by atoms with E-state index in [4.69, 9.17) is 0 Å². The number of carbonyl (C=O) groups is 1. The summed E-state index contributed by atoms with van der Waals surface area (Å²) in [5, 5.41) is 2.99. The van der Waals surface area contributed by atoms with Crippen LogP contribution in [-0.4, -0.2) is 19.0 Å². The first-order valence-corrected chi connectivity index (χ1v) is 7.72. The summed E-state index contributed by atoms with van der Waals surface area (Å²) >= 11 is 0. The van der Waals surface area contributed by atoms with E-state index in [-0.39, 0.29) is 5.91 Å². The van der Waals surface area contributed by atoms with Gasteiger partial charge in [0, 0.05) is 18.8 Å². The molecular formula is C19H24N2O. The fraction of sp³-hybridized carbons (Fsp3) is 0.316. The molecule has 0 aliphatic rings. The molecule has 0 spiro atoms. The van der Waals surface area contributed by atoms with E-state index in [9.17, 15) is 4.79 Å². The van der Waals surface area contributed by atoms with Crippen molar-refractivity contribution < 1.29 is 4.79 Å². The zero-order valence-corrected chi connectivity index (χ0v) is 13.6. The van der Waals surface area contributed by atoms with Crippen molar-refractivity contribution in [3.05, 3.63) is 65.2 Å². The van der Waals surface area contributed by atoms with E-state index in [1.165, 1.54) is 11.1 Å². The van der Waals surface area contributed by atoms with Crippen LogP contribution in [0.3, 0.4) is 0 Å². The number of amides is 1. The quantitative estimate of drug-likeness (QED) is 0.885. The van der Waals surface area contributed by atoms with E-state index in [0.717, 1.165) is 17.8 Å². The summed E-state index contributed by atoms with van der Waals surface area (Å²) in [5.41, 5.74) is 4.65. The smallest absolute Gasteiger partial charge is 0.239 e. The Balaban J connectivity index is 1.90. The normalized spacial score (nSPS) is 10.3. The summed E-state index contributed by atoms with van der Waals surface area (Å²) in [5.74, 6) is 0.0453. The Labute approximate surface area is 133 Å². The van der Waals surface area contributed by atoms with Gasteiger partial charge in [-0.2, -0.15) is 0 Å². The average Bonchev–Trinajstić information content (AvgIpc) is 2.52. The summed E-state index contributed by atoms with van der Waals surface area (Å²) in [4.78, 5) is 14.2. The van der Waals surface area contributed by atoms with E-state index >= 15 is 0 Å². The van der Waals surface area contributed by atoms with Crippen LogP contribution < -0.4 is 10.2 Å². The highest BCUT2D eigenvalue weighted by atomic mass is 16.2. The van der Waals surface area contributed by atoms with Gasteiger partial charge in [0.25, 0.3) is 0 Å². The molecule has 0 saturated carbocycles. The molecule has 0 aliphatic heterocycles. The first-order valence-electron chi connectivity index (χ1n) is 7.72. The highest BCUT2D eigenvalue weighted by molar-refractivity contribution is 5.81. The molecule has 0 unspecified atom stereocenters. The van der Waals surface area contributed by atoms with Gasteiger partial charge in [-0.05, 0) is 44.0 Å². The molecule has 2 aromatic rings. The van der Waals surface area contributed by atoms with Gasteiger partial charge in [0.1, 0.15) is 0 Å². The van der Waals surface area contributed by atoms with Crippen LogP contribution in [0.1, 0.15) is 23.6 Å². The van der Waals surface area contributed by atoms with Crippen molar-refractivity contribution in [3.8, 4) is 0 Å². The number of nitrogens with one attached hydrogen (secondary N) is 1. The topological polar surface area (TPSA) is 32.3 Å². The van der Waals surface area contributed by atoms with Crippen molar-refractivity contribution in [2.24, 2.45) is 0 Å². The number of nitrogens with zero attached hydrogens (tertiary/aromatic N) is 1. The second kappa shape index (κ2) is 7.64. The van der Waals surface area contributed by atoms with Gasteiger partial charge in [-0.15, -0.1) is 0 Å². The maximum Gasteiger partial charge on any atom is 0.239 e. The standard InChI is InChI=1S/C19H24N2O/c1-4-21(18-7-5-6-16(3)12-18)14-19(22)20-13-17-10-8-15(2)9-11-17/h5-12H,4,13-14H2,1-3H3,(H,20,22). The molecule has 0 atom stereocenters. The number of hydrogen-bond acceptors (Lipinski definition) is 2. The van der Waals surface area contributed by atoms with Crippen molar-refractivity contribution in [1.29, 1.82) is 0 Å². The number of rotatable bonds is 6. The van der Waals surface area contributed by atoms with Crippen LogP contribution in [0.15, 0.2) is 48.5 Å². The van der Waals surface area contributed by atoms with Crippen LogP contribution in [0.5, 0.6) is 0 Å². The van der Waals surface area contributed by atoms with Gasteiger partial charge in [0.2, 0.25) is 5.91 Å². The average molecular weight is 296 g/mol. The Bertz CT molecular complexity index is 620. The lowest BCUT2D eigenvalue weighted by Crippen LogP contribution is -2.37. The molecule has 0 aromatic heterocycles. The number of aryl methyl sites for hydroxylation is 2. The van der Waals surface area contributed by atoms with Crippen molar-refractivity contribution in [2.75, 3.05) is 18.0 Å². The lowest BCUT2D eigenvalue weighted by atomic mass is 10.1. The maximum atomic E-state index is 12.2. The second-order valence-corrected chi connectivity index (χ2v) is 5.62. The highest BCUT2D eigenvalue weighted by Crippen LogP contribution is 2.15. The minimum atomic E-state index is 0.0453. The molecule has 0 aliphatic carbocycles. The second-order valence-electron chi connectivity index (χ2n) is 5.62. The maximum absolute atomic E-state index is 12.2. The molecule has 0 bridgehead atoms. The van der Waals surface area contributed by atoms with Crippen molar-refractivity contribution >= 4 is 11.6 Å². The highest BCUT2D eigenvalue weighted by Gasteiger charge is 2.09. The van der Waals surface area contributed by atoms with Crippen molar-refractivity contribution in [2.45, 2.75) is 27.3 Å². The molecule has 0 saturated heterocycles. The molecule has 2 rings (SSSR count). The minimum Gasteiger partial charge on any atom is -0.362 e. The number of likely N-dealkylation sites (N-methyl/N-ethyl adjacent to an activating group) is 1. The Morgan fingerprint density at radius 3 is 2.41 bits per heavy atom. The molecule has 0 fully saturated rings. The van der Waals surface area contributed by atoms with E-state index in [0.29, 0.717) is 13.1 Å². The van der Waals surface area contributed by atoms with Gasteiger partial charge >= 0.3 is 0 Å². The monoisotopic (exact) mass is 296 g/mol. The molecule has 1 amide bonds. The SMILES string of the molecule is CCN(CC(=O)NCc1ccc(C)cc1)c1cccc(C)c1. The summed E-state index contributed by atoms with van der Waals surface area (Å²) in [6.45, 7) is 7.95. The van der Waals surface area contributed by atoms with E-state index < -0.39 is 0 Å². The van der Waals surface area contributed by atoms with Crippen molar-refractivity contribution in [3.63, 3.8) is 0 Å². The van der Waals surface area contributed by atoms with Crippen LogP contribution in [0, 0.1) is 13.8 Å². The van der Waals surface area contributed by atoms with Gasteiger partial charge in [0.15, 0.2) is 0 Å². The molecule has 22 heavy (non-hydrogen) atoms. The van der Waals surface area contributed by atoms with Crippen LogP contribution in [-0.2, 0) is 11.3 Å². The molecule has 3 nitrogen and oxygen atoms in total. The Hall–Kier alpha value is -2.29. The summed E-state index contributed by atoms with van der Waals surface area (Å²) in [6.07, 6.45) is 0. The predicted molar refractivity (Wildman–Crippen MR) is 92.1 cm³/mol. The molecule has 1 N–H and O–H groups in total. The predicted octanol–water partition coefficient (Wildman–Crippen LogP) is 3.45. The Morgan fingerprint density at radius 2 is 1.77 bits per heavy atom. The summed E-state index contributed by atoms with van der Waals surface area (Å²) in [6, 6.07) is 16.5. The van der Waals surface area contributed by atoms with E-state index in [1.807, 2.05) is 24.3 Å². The van der Waals surface area contributed by atoms with Gasteiger partial charge in [-0.25, -0.2) is 0 Å². The third-order valence-corrected chi connectivity index (χ3v) is 3.69. The minimum absolute atomic E-state index is 0.0453. The molecular weight excluding hydrogens is 272 g/mol. The fourth-order valence-corrected chi connectivity index (χ4v) is 2.35. The van der Waals surface area contributed by atoms with Crippen LogP contribution in [0.4, 0.5) is 5.69 Å². The Morgan fingerprint density at radius 1 is 1.05 bits per heavy atom. The largest absolute Gasteiger partial charge is 0.362 e. The fourth-order valence-electron chi connectivity index (χ4n) is 2.35.